The van der Waals surface area contributed by atoms with E-state index in [1.54, 1.807) is 6.20 Å². The minimum Gasteiger partial charge on any atom is -0.324 e. The highest BCUT2D eigenvalue weighted by molar-refractivity contribution is 5.95. The van der Waals surface area contributed by atoms with Crippen LogP contribution in [0.2, 0.25) is 0 Å². The maximum absolute atomic E-state index is 12.6. The topological polar surface area (TPSA) is 45.2 Å². The van der Waals surface area contributed by atoms with Crippen LogP contribution in [-0.4, -0.2) is 35.9 Å². The molecule has 1 aromatic carbocycles. The number of nitrogens with zero attached hydrogens (tertiary/aromatic N) is 2. The molecule has 0 saturated heterocycles. The molecule has 1 aliphatic rings. The molecule has 0 bridgehead atoms. The van der Waals surface area contributed by atoms with Crippen LogP contribution in [0.4, 0.5) is 5.69 Å². The number of nitrogens with one attached hydrogen (secondary N) is 1. The standard InChI is InChI=1S/C24H31N3O/c1-3-4-5-8-15-27(2)18-19-11-13-20(14-12-19)24(28)26-22-16-21-9-6-7-10-23(21)25-17-22/h6-7,9-13,16-17,20H,3-5,8,14-15,18H2,1-2H3,(H,26,28). The summed E-state index contributed by atoms with van der Waals surface area (Å²) in [6.07, 6.45) is 14.0. The number of pyridine rings is 1. The number of carbonyl (C=O) groups excluding carboxylic acids is 1. The van der Waals surface area contributed by atoms with Gasteiger partial charge in [0.15, 0.2) is 0 Å². The smallest absolute Gasteiger partial charge is 0.231 e. The van der Waals surface area contributed by atoms with Crippen LogP contribution >= 0.6 is 0 Å². The molecule has 1 amide bonds. The van der Waals surface area contributed by atoms with Gasteiger partial charge in [0.05, 0.1) is 23.3 Å². The number of carbonyl (C=O) groups is 1. The minimum absolute atomic E-state index is 0.0246. The van der Waals surface area contributed by atoms with Gasteiger partial charge in [-0.05, 0) is 44.1 Å². The summed E-state index contributed by atoms with van der Waals surface area (Å²) in [7, 11) is 2.17. The Balaban J connectivity index is 1.48. The molecule has 1 unspecified atom stereocenters. The number of hydrogen-bond acceptors (Lipinski definition) is 3. The highest BCUT2D eigenvalue weighted by atomic mass is 16.1. The van der Waals surface area contributed by atoms with E-state index < -0.39 is 0 Å². The van der Waals surface area contributed by atoms with Gasteiger partial charge < -0.3 is 10.2 Å². The number of para-hydroxylation sites is 1. The van der Waals surface area contributed by atoms with Crippen molar-refractivity contribution in [3.63, 3.8) is 0 Å². The molecule has 0 fully saturated rings. The summed E-state index contributed by atoms with van der Waals surface area (Å²) in [5, 5.41) is 4.04. The lowest BCUT2D eigenvalue weighted by atomic mass is 9.95. The average Bonchev–Trinajstić information content (AvgIpc) is 2.71. The number of allylic oxidation sites excluding steroid dienone is 1. The van der Waals surface area contributed by atoms with Crippen molar-refractivity contribution in [2.24, 2.45) is 5.92 Å². The van der Waals surface area contributed by atoms with Gasteiger partial charge in [0.25, 0.3) is 0 Å². The molecule has 0 radical (unpaired) electrons. The lowest BCUT2D eigenvalue weighted by molar-refractivity contribution is -0.118. The second-order valence-electron chi connectivity index (χ2n) is 7.68. The van der Waals surface area contributed by atoms with Crippen molar-refractivity contribution in [2.75, 3.05) is 25.5 Å². The number of likely N-dealkylation sites (N-methyl/N-ethyl adjacent to an activating group) is 1. The molecular formula is C24H31N3O. The van der Waals surface area contributed by atoms with Crippen LogP contribution in [0.15, 0.2) is 60.3 Å². The van der Waals surface area contributed by atoms with E-state index in [9.17, 15) is 4.79 Å². The summed E-state index contributed by atoms with van der Waals surface area (Å²) < 4.78 is 0. The molecule has 0 spiro atoms. The zero-order chi connectivity index (χ0) is 19.8. The molecule has 1 aliphatic carbocycles. The van der Waals surface area contributed by atoms with E-state index in [1.165, 1.54) is 31.3 Å². The predicted octanol–water partition coefficient (Wildman–Crippen LogP) is 5.19. The monoisotopic (exact) mass is 377 g/mol. The Morgan fingerprint density at radius 2 is 2.11 bits per heavy atom. The second-order valence-corrected chi connectivity index (χ2v) is 7.68. The van der Waals surface area contributed by atoms with E-state index in [2.05, 4.69) is 41.3 Å². The predicted molar refractivity (Wildman–Crippen MR) is 117 cm³/mol. The summed E-state index contributed by atoms with van der Waals surface area (Å²) in [6, 6.07) is 9.89. The summed E-state index contributed by atoms with van der Waals surface area (Å²) in [6.45, 7) is 4.32. The first kappa shape index (κ1) is 20.3. The third-order valence-electron chi connectivity index (χ3n) is 5.22. The number of unbranched alkanes of at least 4 members (excludes halogenated alkanes) is 3. The van der Waals surface area contributed by atoms with Crippen molar-refractivity contribution in [1.29, 1.82) is 0 Å². The number of rotatable bonds is 9. The number of hydrogen-bond donors (Lipinski definition) is 1. The molecule has 0 aliphatic heterocycles. The first-order chi connectivity index (χ1) is 13.7. The Kier molecular flexibility index (Phi) is 7.38. The zero-order valence-corrected chi connectivity index (χ0v) is 17.0. The average molecular weight is 378 g/mol. The van der Waals surface area contributed by atoms with Gasteiger partial charge in [-0.3, -0.25) is 9.78 Å². The molecule has 4 nitrogen and oxygen atoms in total. The second kappa shape index (κ2) is 10.2. The highest BCUT2D eigenvalue weighted by Gasteiger charge is 2.18. The van der Waals surface area contributed by atoms with E-state index in [-0.39, 0.29) is 11.8 Å². The van der Waals surface area contributed by atoms with Gasteiger partial charge in [0.2, 0.25) is 5.91 Å². The molecule has 1 aromatic heterocycles. The third kappa shape index (κ3) is 5.77. The van der Waals surface area contributed by atoms with Gasteiger partial charge in [0, 0.05) is 11.9 Å². The van der Waals surface area contributed by atoms with E-state index in [1.807, 2.05) is 36.4 Å². The number of anilines is 1. The molecule has 1 N–H and O–H groups in total. The van der Waals surface area contributed by atoms with E-state index in [0.717, 1.165) is 36.1 Å². The fourth-order valence-corrected chi connectivity index (χ4v) is 3.55. The van der Waals surface area contributed by atoms with E-state index in [0.29, 0.717) is 0 Å². The molecule has 4 heteroatoms. The van der Waals surface area contributed by atoms with Crippen molar-refractivity contribution in [1.82, 2.24) is 9.88 Å². The van der Waals surface area contributed by atoms with Crippen LogP contribution in [0.3, 0.4) is 0 Å². The lowest BCUT2D eigenvalue weighted by Gasteiger charge is -2.21. The van der Waals surface area contributed by atoms with E-state index >= 15 is 0 Å². The van der Waals surface area contributed by atoms with Crippen LogP contribution in [0.5, 0.6) is 0 Å². The Morgan fingerprint density at radius 3 is 2.89 bits per heavy atom. The summed E-state index contributed by atoms with van der Waals surface area (Å²) in [4.78, 5) is 19.4. The fraction of sp³-hybridized carbons (Fsp3) is 0.417. The molecular weight excluding hydrogens is 346 g/mol. The number of benzene rings is 1. The first-order valence-corrected chi connectivity index (χ1v) is 10.4. The minimum atomic E-state index is -0.120. The Hall–Kier alpha value is -2.46. The summed E-state index contributed by atoms with van der Waals surface area (Å²) in [5.41, 5.74) is 2.98. The van der Waals surface area contributed by atoms with Crippen molar-refractivity contribution in [3.8, 4) is 0 Å². The number of fused-ring (bicyclic) bond motifs is 1. The molecule has 2 aromatic rings. The molecule has 3 rings (SSSR count). The maximum Gasteiger partial charge on any atom is 0.231 e. The van der Waals surface area contributed by atoms with Crippen molar-refractivity contribution in [3.05, 3.63) is 60.3 Å². The Labute approximate surface area is 168 Å². The first-order valence-electron chi connectivity index (χ1n) is 10.4. The SMILES string of the molecule is CCCCCCN(C)CC1=CCC(C(=O)Nc2cnc3ccccc3c2)C=C1. The van der Waals surface area contributed by atoms with Crippen LogP contribution in [0.1, 0.15) is 39.0 Å². The van der Waals surface area contributed by atoms with Gasteiger partial charge >= 0.3 is 0 Å². The molecule has 0 saturated carbocycles. The van der Waals surface area contributed by atoms with Gasteiger partial charge in [-0.15, -0.1) is 0 Å². The van der Waals surface area contributed by atoms with Crippen LogP contribution in [0.25, 0.3) is 10.9 Å². The fourth-order valence-electron chi connectivity index (χ4n) is 3.55. The normalized spacial score (nSPS) is 16.4. The zero-order valence-electron chi connectivity index (χ0n) is 17.0. The lowest BCUT2D eigenvalue weighted by Crippen LogP contribution is -2.25. The maximum atomic E-state index is 12.6. The Morgan fingerprint density at radius 1 is 1.25 bits per heavy atom. The quantitative estimate of drug-likeness (QED) is 0.612. The third-order valence-corrected chi connectivity index (χ3v) is 5.22. The van der Waals surface area contributed by atoms with Crippen molar-refractivity contribution < 1.29 is 4.79 Å². The highest BCUT2D eigenvalue weighted by Crippen LogP contribution is 2.21. The Bertz CT molecular complexity index is 856. The van der Waals surface area contributed by atoms with Crippen LogP contribution < -0.4 is 5.32 Å². The van der Waals surface area contributed by atoms with Gasteiger partial charge in [-0.2, -0.15) is 0 Å². The van der Waals surface area contributed by atoms with Crippen molar-refractivity contribution >= 4 is 22.5 Å². The number of amides is 1. The molecule has 28 heavy (non-hydrogen) atoms. The number of aromatic nitrogens is 1. The van der Waals surface area contributed by atoms with Crippen LogP contribution in [-0.2, 0) is 4.79 Å². The van der Waals surface area contributed by atoms with Crippen molar-refractivity contribution in [2.45, 2.75) is 39.0 Å². The summed E-state index contributed by atoms with van der Waals surface area (Å²) >= 11 is 0. The van der Waals surface area contributed by atoms with Gasteiger partial charge in [-0.1, -0.05) is 62.6 Å². The molecule has 1 atom stereocenters. The van der Waals surface area contributed by atoms with Gasteiger partial charge in [0.1, 0.15) is 0 Å². The van der Waals surface area contributed by atoms with Gasteiger partial charge in [-0.25, -0.2) is 0 Å². The van der Waals surface area contributed by atoms with Crippen LogP contribution in [0, 0.1) is 5.92 Å². The molecule has 1 heterocycles. The summed E-state index contributed by atoms with van der Waals surface area (Å²) in [5.74, 6) is -0.0957. The molecule has 148 valence electrons. The largest absolute Gasteiger partial charge is 0.324 e. The van der Waals surface area contributed by atoms with E-state index in [4.69, 9.17) is 0 Å².